The van der Waals surface area contributed by atoms with Crippen LogP contribution in [0.4, 0.5) is 5.82 Å². The van der Waals surface area contributed by atoms with Crippen molar-refractivity contribution in [1.82, 2.24) is 20.4 Å². The van der Waals surface area contributed by atoms with Gasteiger partial charge in [-0.3, -0.25) is 15.2 Å². The number of hydrazine groups is 1. The number of nitrogens with one attached hydrogen (secondary N) is 2. The molecule has 2 N–H and O–H groups in total. The number of piperidine rings is 1. The molecule has 0 radical (unpaired) electrons. The van der Waals surface area contributed by atoms with E-state index in [9.17, 15) is 4.79 Å². The Morgan fingerprint density at radius 2 is 2.11 bits per heavy atom. The van der Waals surface area contributed by atoms with Crippen LogP contribution in [0.25, 0.3) is 0 Å². The van der Waals surface area contributed by atoms with E-state index in [-0.39, 0.29) is 5.91 Å². The first-order valence-corrected chi connectivity index (χ1v) is 6.91. The van der Waals surface area contributed by atoms with Gasteiger partial charge in [0.1, 0.15) is 11.5 Å². The van der Waals surface area contributed by atoms with E-state index in [2.05, 4.69) is 27.6 Å². The van der Waals surface area contributed by atoms with Gasteiger partial charge < -0.3 is 5.32 Å². The molecule has 0 saturated carbocycles. The van der Waals surface area contributed by atoms with Gasteiger partial charge in [0.25, 0.3) is 5.91 Å². The molecule has 0 bridgehead atoms. The summed E-state index contributed by atoms with van der Waals surface area (Å²) < 4.78 is 0. The fourth-order valence-electron chi connectivity index (χ4n) is 2.02. The van der Waals surface area contributed by atoms with Crippen LogP contribution in [0.2, 0.25) is 0 Å². The van der Waals surface area contributed by atoms with Crippen molar-refractivity contribution in [3.05, 3.63) is 18.1 Å². The maximum Gasteiger partial charge on any atom is 0.285 e. The maximum absolute atomic E-state index is 12.1. The molecule has 6 nitrogen and oxygen atoms in total. The number of anilines is 1. The van der Waals surface area contributed by atoms with Crippen LogP contribution in [0.3, 0.4) is 0 Å². The minimum absolute atomic E-state index is 0.186. The largest absolute Gasteiger partial charge is 0.369 e. The minimum atomic E-state index is -0.186. The SMILES string of the molecule is CCCNc1cncc(C(=O)NN2CCCCC2)n1. The molecule has 1 aromatic rings. The number of nitrogens with zero attached hydrogens (tertiary/aromatic N) is 3. The Balaban J connectivity index is 1.93. The summed E-state index contributed by atoms with van der Waals surface area (Å²) in [6, 6.07) is 0. The summed E-state index contributed by atoms with van der Waals surface area (Å²) >= 11 is 0. The second-order valence-electron chi connectivity index (χ2n) is 4.70. The van der Waals surface area contributed by atoms with Gasteiger partial charge in [-0.1, -0.05) is 13.3 Å². The molecule has 104 valence electrons. The minimum Gasteiger partial charge on any atom is -0.369 e. The van der Waals surface area contributed by atoms with Crippen molar-refractivity contribution >= 4 is 11.7 Å². The van der Waals surface area contributed by atoms with E-state index in [1.54, 1.807) is 6.20 Å². The lowest BCUT2D eigenvalue weighted by Crippen LogP contribution is -2.45. The van der Waals surface area contributed by atoms with Crippen LogP contribution in [0.5, 0.6) is 0 Å². The van der Waals surface area contributed by atoms with E-state index in [1.165, 1.54) is 12.6 Å². The lowest BCUT2D eigenvalue weighted by atomic mass is 10.2. The molecule has 1 aromatic heterocycles. The van der Waals surface area contributed by atoms with Crippen LogP contribution >= 0.6 is 0 Å². The lowest BCUT2D eigenvalue weighted by molar-refractivity contribution is 0.0744. The highest BCUT2D eigenvalue weighted by Gasteiger charge is 2.15. The maximum atomic E-state index is 12.1. The summed E-state index contributed by atoms with van der Waals surface area (Å²) in [6.45, 7) is 4.72. The van der Waals surface area contributed by atoms with E-state index in [1.807, 2.05) is 5.01 Å². The van der Waals surface area contributed by atoms with Crippen molar-refractivity contribution in [3.63, 3.8) is 0 Å². The fraction of sp³-hybridized carbons (Fsp3) is 0.615. The number of carbonyl (C=O) groups excluding carboxylic acids is 1. The zero-order chi connectivity index (χ0) is 13.5. The Labute approximate surface area is 113 Å². The molecule has 1 aliphatic heterocycles. The summed E-state index contributed by atoms with van der Waals surface area (Å²) in [5.41, 5.74) is 3.24. The molecule has 0 aliphatic carbocycles. The van der Waals surface area contributed by atoms with Crippen molar-refractivity contribution in [2.75, 3.05) is 25.0 Å². The number of amides is 1. The van der Waals surface area contributed by atoms with E-state index in [4.69, 9.17) is 0 Å². The van der Waals surface area contributed by atoms with Gasteiger partial charge in [0.05, 0.1) is 12.4 Å². The normalized spacial score (nSPS) is 16.1. The van der Waals surface area contributed by atoms with E-state index in [0.29, 0.717) is 11.5 Å². The van der Waals surface area contributed by atoms with Crippen LogP contribution in [-0.2, 0) is 0 Å². The molecule has 0 spiro atoms. The molecule has 0 aromatic carbocycles. The van der Waals surface area contributed by atoms with Gasteiger partial charge in [-0.15, -0.1) is 0 Å². The molecular formula is C13H21N5O. The molecule has 0 atom stereocenters. The van der Waals surface area contributed by atoms with Gasteiger partial charge in [0.15, 0.2) is 0 Å². The summed E-state index contributed by atoms with van der Waals surface area (Å²) in [6.07, 6.45) is 7.63. The van der Waals surface area contributed by atoms with Crippen LogP contribution in [0, 0.1) is 0 Å². The van der Waals surface area contributed by atoms with Crippen molar-refractivity contribution in [3.8, 4) is 0 Å². The second kappa shape index (κ2) is 7.04. The van der Waals surface area contributed by atoms with Crippen molar-refractivity contribution in [2.24, 2.45) is 0 Å². The van der Waals surface area contributed by atoms with Gasteiger partial charge in [-0.25, -0.2) is 9.99 Å². The smallest absolute Gasteiger partial charge is 0.285 e. The number of rotatable bonds is 5. The third kappa shape index (κ3) is 4.17. The highest BCUT2D eigenvalue weighted by molar-refractivity contribution is 5.91. The van der Waals surface area contributed by atoms with Gasteiger partial charge in [-0.05, 0) is 19.3 Å². The molecule has 2 heterocycles. The summed E-state index contributed by atoms with van der Waals surface area (Å²) in [4.78, 5) is 20.4. The Morgan fingerprint density at radius 3 is 2.84 bits per heavy atom. The average Bonchev–Trinajstić information content (AvgIpc) is 2.46. The average molecular weight is 263 g/mol. The zero-order valence-electron chi connectivity index (χ0n) is 11.4. The first-order chi connectivity index (χ1) is 9.29. The van der Waals surface area contributed by atoms with Gasteiger partial charge in [0, 0.05) is 19.6 Å². The second-order valence-corrected chi connectivity index (χ2v) is 4.70. The predicted octanol–water partition coefficient (Wildman–Crippen LogP) is 1.43. The van der Waals surface area contributed by atoms with Gasteiger partial charge in [-0.2, -0.15) is 0 Å². The monoisotopic (exact) mass is 263 g/mol. The molecule has 1 amide bonds. The van der Waals surface area contributed by atoms with Crippen molar-refractivity contribution < 1.29 is 4.79 Å². The number of aromatic nitrogens is 2. The number of hydrogen-bond acceptors (Lipinski definition) is 5. The van der Waals surface area contributed by atoms with Gasteiger partial charge >= 0.3 is 0 Å². The number of carbonyl (C=O) groups is 1. The topological polar surface area (TPSA) is 70.2 Å². The molecule has 19 heavy (non-hydrogen) atoms. The van der Waals surface area contributed by atoms with Crippen molar-refractivity contribution in [2.45, 2.75) is 32.6 Å². The predicted molar refractivity (Wildman–Crippen MR) is 73.7 cm³/mol. The van der Waals surface area contributed by atoms with E-state index < -0.39 is 0 Å². The Kier molecular flexibility index (Phi) is 5.09. The first-order valence-electron chi connectivity index (χ1n) is 6.91. The third-order valence-corrected chi connectivity index (χ3v) is 3.04. The Bertz CT molecular complexity index is 417. The zero-order valence-corrected chi connectivity index (χ0v) is 11.4. The number of hydrogen-bond donors (Lipinski definition) is 2. The third-order valence-electron chi connectivity index (χ3n) is 3.04. The van der Waals surface area contributed by atoms with Crippen molar-refractivity contribution in [1.29, 1.82) is 0 Å². The molecule has 6 heteroatoms. The standard InChI is InChI=1S/C13H21N5O/c1-2-6-15-12-10-14-9-11(16-12)13(19)17-18-7-4-3-5-8-18/h9-10H,2-8H2,1H3,(H,15,16)(H,17,19). The molecule has 1 aliphatic rings. The van der Waals surface area contributed by atoms with E-state index >= 15 is 0 Å². The fourth-order valence-corrected chi connectivity index (χ4v) is 2.02. The van der Waals surface area contributed by atoms with Crippen LogP contribution in [-0.4, -0.2) is 40.5 Å². The molecule has 0 unspecified atom stereocenters. The molecule has 2 rings (SSSR count). The summed E-state index contributed by atoms with van der Waals surface area (Å²) in [5, 5.41) is 5.08. The van der Waals surface area contributed by atoms with Gasteiger partial charge in [0.2, 0.25) is 0 Å². The summed E-state index contributed by atoms with van der Waals surface area (Å²) in [5.74, 6) is 0.461. The lowest BCUT2D eigenvalue weighted by Gasteiger charge is -2.26. The summed E-state index contributed by atoms with van der Waals surface area (Å²) in [7, 11) is 0. The highest BCUT2D eigenvalue weighted by atomic mass is 16.2. The quantitative estimate of drug-likeness (QED) is 0.841. The van der Waals surface area contributed by atoms with Crippen LogP contribution < -0.4 is 10.7 Å². The molecule has 1 saturated heterocycles. The molecule has 1 fully saturated rings. The van der Waals surface area contributed by atoms with Crippen LogP contribution in [0.1, 0.15) is 43.1 Å². The van der Waals surface area contributed by atoms with Crippen LogP contribution in [0.15, 0.2) is 12.4 Å². The molecular weight excluding hydrogens is 242 g/mol. The highest BCUT2D eigenvalue weighted by Crippen LogP contribution is 2.07. The Hall–Kier alpha value is -1.69. The Morgan fingerprint density at radius 1 is 1.32 bits per heavy atom. The first kappa shape index (κ1) is 13.7. The van der Waals surface area contributed by atoms with E-state index in [0.717, 1.165) is 38.9 Å².